The van der Waals surface area contributed by atoms with Crippen LogP contribution in [0.4, 0.5) is 0 Å². The number of carbonyl (C=O) groups is 1. The number of rotatable bonds is 6. The number of aromatic nitrogens is 1. The van der Waals surface area contributed by atoms with Crippen molar-refractivity contribution in [3.63, 3.8) is 0 Å². The summed E-state index contributed by atoms with van der Waals surface area (Å²) in [5.74, 6) is 0.270. The zero-order chi connectivity index (χ0) is 34.0. The van der Waals surface area contributed by atoms with E-state index in [1.807, 2.05) is 12.4 Å². The molecular formula is C34H38N2O10S2. The molecule has 12 nitrogen and oxygen atoms in total. The van der Waals surface area contributed by atoms with Gasteiger partial charge in [-0.2, -0.15) is 0 Å². The van der Waals surface area contributed by atoms with Crippen molar-refractivity contribution in [2.45, 2.75) is 50.0 Å². The Morgan fingerprint density at radius 3 is 2.62 bits per heavy atom. The summed E-state index contributed by atoms with van der Waals surface area (Å²) in [5.41, 5.74) is -0.117. The number of hydrogen-bond donors (Lipinski definition) is 6. The lowest BCUT2D eigenvalue weighted by atomic mass is 9.80. The molecule has 256 valence electrons. The maximum atomic E-state index is 13.3. The van der Waals surface area contributed by atoms with Gasteiger partial charge in [0.2, 0.25) is 6.29 Å². The van der Waals surface area contributed by atoms with E-state index in [9.17, 15) is 30.0 Å². The second kappa shape index (κ2) is 14.5. The van der Waals surface area contributed by atoms with Crippen LogP contribution in [0.1, 0.15) is 25.3 Å². The number of benzene rings is 2. The number of β-amino-alcohol motifs (C(OH)–C–C–N with tert-alkyl or cyclic N) is 1. The minimum Gasteiger partial charge on any atom is -0.508 e. The fraction of sp³-hybridized carbons (Fsp3) is 0.412. The van der Waals surface area contributed by atoms with Gasteiger partial charge in [0.25, 0.3) is 0 Å². The number of aliphatic carboxylic acids is 1. The number of fused-ring (bicyclic) bond motifs is 2. The Bertz CT molecular complexity index is 1770. The highest BCUT2D eigenvalue weighted by molar-refractivity contribution is 8.76. The molecule has 2 saturated heterocycles. The molecule has 4 heterocycles. The first kappa shape index (κ1) is 34.4. The summed E-state index contributed by atoms with van der Waals surface area (Å²) in [6, 6.07) is 12.7. The maximum absolute atomic E-state index is 13.3. The molecule has 48 heavy (non-hydrogen) atoms. The molecule has 2 aliphatic rings. The van der Waals surface area contributed by atoms with E-state index < -0.39 is 36.2 Å². The van der Waals surface area contributed by atoms with Gasteiger partial charge in [0.1, 0.15) is 41.5 Å². The number of nitrogens with one attached hydrogen (secondary N) is 2. The van der Waals surface area contributed by atoms with E-state index in [0.29, 0.717) is 17.7 Å². The van der Waals surface area contributed by atoms with Crippen molar-refractivity contribution in [3.05, 3.63) is 83.0 Å². The fourth-order valence-corrected chi connectivity index (χ4v) is 8.45. The molecule has 2 aromatic carbocycles. The van der Waals surface area contributed by atoms with Crippen molar-refractivity contribution in [3.8, 4) is 22.6 Å². The van der Waals surface area contributed by atoms with Crippen LogP contribution in [0.3, 0.4) is 0 Å². The molecule has 0 spiro atoms. The average molecular weight is 699 g/mol. The third kappa shape index (κ3) is 6.97. The minimum absolute atomic E-state index is 0.0600. The summed E-state index contributed by atoms with van der Waals surface area (Å²) in [7, 11) is 3.02. The maximum Gasteiger partial charge on any atom is 0.335 e. The van der Waals surface area contributed by atoms with Crippen molar-refractivity contribution < 1.29 is 43.8 Å². The molecule has 7 unspecified atom stereocenters. The van der Waals surface area contributed by atoms with Crippen LogP contribution in [0.25, 0.3) is 22.1 Å². The highest BCUT2D eigenvalue weighted by Gasteiger charge is 2.59. The number of hydrogen-bond acceptors (Lipinski definition) is 12. The molecule has 0 radical (unpaired) electrons. The Hall–Kier alpha value is -3.50. The average Bonchev–Trinajstić information content (AvgIpc) is 3.59. The number of aromatic hydroxyl groups is 1. The molecule has 0 aliphatic carbocycles. The Morgan fingerprint density at radius 2 is 1.92 bits per heavy atom. The van der Waals surface area contributed by atoms with E-state index in [-0.39, 0.29) is 58.1 Å². The van der Waals surface area contributed by atoms with Crippen molar-refractivity contribution in [2.24, 2.45) is 11.8 Å². The summed E-state index contributed by atoms with van der Waals surface area (Å²) in [6.07, 6.45) is -1.23. The molecule has 0 saturated carbocycles. The normalized spacial score (nSPS) is 28.7. The Labute approximate surface area is 284 Å². The van der Waals surface area contributed by atoms with Crippen LogP contribution in [0.15, 0.2) is 76.4 Å². The number of carboxylic acids is 1. The van der Waals surface area contributed by atoms with E-state index in [4.69, 9.17) is 18.6 Å². The number of ether oxygens (including phenoxy) is 3. The predicted octanol–water partition coefficient (Wildman–Crippen LogP) is 4.16. The summed E-state index contributed by atoms with van der Waals surface area (Å²) < 4.78 is 23.7. The lowest BCUT2D eigenvalue weighted by molar-refractivity contribution is -0.316. The van der Waals surface area contributed by atoms with Crippen molar-refractivity contribution in [1.29, 1.82) is 0 Å². The quantitative estimate of drug-likeness (QED) is 0.158. The van der Waals surface area contributed by atoms with E-state index in [1.54, 1.807) is 22.9 Å². The molecular weight excluding hydrogens is 661 g/mol. The minimum atomic E-state index is -2.04. The zero-order valence-corrected chi connectivity index (χ0v) is 27.9. The first-order chi connectivity index (χ1) is 23.1. The smallest absolute Gasteiger partial charge is 0.335 e. The molecule has 4 aromatic rings. The van der Waals surface area contributed by atoms with Crippen molar-refractivity contribution in [2.75, 3.05) is 24.8 Å². The first-order valence-electron chi connectivity index (χ1n) is 15.6. The number of phenolic OH excluding ortho intramolecular Hbond substituents is 1. The number of aromatic amines is 1. The van der Waals surface area contributed by atoms with E-state index in [1.165, 1.54) is 53.0 Å². The third-order valence-electron chi connectivity index (χ3n) is 9.04. The van der Waals surface area contributed by atoms with Crippen LogP contribution in [-0.4, -0.2) is 86.4 Å². The topological polar surface area (TPSA) is 184 Å². The lowest BCUT2D eigenvalue weighted by Gasteiger charge is -2.48. The van der Waals surface area contributed by atoms with Gasteiger partial charge in [-0.1, -0.05) is 47.6 Å². The second-order valence-electron chi connectivity index (χ2n) is 12.4. The van der Waals surface area contributed by atoms with Gasteiger partial charge in [-0.05, 0) is 65.8 Å². The SMILES string of the molecule is CC(C)C1CNCC2(O)C(Oc3ccc4c(=O)c(-c5ccc(O)cc5)coc4c3)OC(C(=O)O)C(O)C2OCSSCC1c1cc[nH]c1. The third-order valence-corrected chi connectivity index (χ3v) is 11.1. The van der Waals surface area contributed by atoms with E-state index >= 15 is 0 Å². The molecule has 14 heteroatoms. The number of carboxylic acid groups (broad SMARTS) is 1. The molecule has 7 atom stereocenters. The van der Waals surface area contributed by atoms with Gasteiger partial charge in [0.05, 0.1) is 10.9 Å². The van der Waals surface area contributed by atoms with Crippen LogP contribution in [-0.2, 0) is 14.3 Å². The van der Waals surface area contributed by atoms with Crippen LogP contribution in [0, 0.1) is 11.8 Å². The van der Waals surface area contributed by atoms with Gasteiger partial charge in [-0.3, -0.25) is 4.79 Å². The van der Waals surface area contributed by atoms with Crippen LogP contribution >= 0.6 is 21.6 Å². The second-order valence-corrected chi connectivity index (χ2v) is 14.9. The van der Waals surface area contributed by atoms with Gasteiger partial charge in [-0.25, -0.2) is 4.79 Å². The lowest BCUT2D eigenvalue weighted by Crippen LogP contribution is -2.72. The largest absolute Gasteiger partial charge is 0.508 e. The molecule has 6 rings (SSSR count). The molecule has 2 fully saturated rings. The predicted molar refractivity (Wildman–Crippen MR) is 182 cm³/mol. The molecule has 2 aromatic heterocycles. The molecule has 6 N–H and O–H groups in total. The van der Waals surface area contributed by atoms with Crippen molar-refractivity contribution >= 4 is 38.5 Å². The standard InChI is InChI=1S/C34H38N2O10S2/c1-18(2)24-13-36-16-34(42)31(44-17-48-47-15-26(24)20-9-10-35-12-20)29(39)30(32(40)41)46-33(34)45-22-7-8-23-27(11-22)43-14-25(28(23)38)19-3-5-21(37)6-4-19/h3-12,14,18,24,26,29-31,33,35-37,39,42H,13,15-17H2,1-2H3,(H,40,41). The van der Waals surface area contributed by atoms with Crippen LogP contribution in [0.5, 0.6) is 11.5 Å². The Kier molecular flexibility index (Phi) is 10.4. The van der Waals surface area contributed by atoms with Gasteiger partial charge in [-0.15, -0.1) is 0 Å². The molecule has 2 aliphatic heterocycles. The Morgan fingerprint density at radius 1 is 1.12 bits per heavy atom. The highest BCUT2D eigenvalue weighted by atomic mass is 33.1. The van der Waals surface area contributed by atoms with Gasteiger partial charge >= 0.3 is 5.97 Å². The number of aliphatic hydroxyl groups excluding tert-OH is 1. The highest BCUT2D eigenvalue weighted by Crippen LogP contribution is 2.40. The Balaban J connectivity index is 1.30. The fourth-order valence-electron chi connectivity index (χ4n) is 6.40. The summed E-state index contributed by atoms with van der Waals surface area (Å²) in [4.78, 5) is 28.7. The van der Waals surface area contributed by atoms with Gasteiger partial charge in [0.15, 0.2) is 17.1 Å². The molecule has 0 bridgehead atoms. The zero-order valence-electron chi connectivity index (χ0n) is 26.3. The van der Waals surface area contributed by atoms with E-state index in [2.05, 4.69) is 30.2 Å². The van der Waals surface area contributed by atoms with E-state index in [0.717, 1.165) is 5.75 Å². The summed E-state index contributed by atoms with van der Waals surface area (Å²) in [5, 5.41) is 46.6. The number of H-pyrrole nitrogens is 1. The van der Waals surface area contributed by atoms with Crippen LogP contribution in [0.2, 0.25) is 0 Å². The molecule has 0 amide bonds. The summed E-state index contributed by atoms with van der Waals surface area (Å²) >= 11 is 0. The number of phenols is 1. The van der Waals surface area contributed by atoms with Gasteiger partial charge in [0, 0.05) is 30.8 Å². The van der Waals surface area contributed by atoms with Crippen molar-refractivity contribution in [1.82, 2.24) is 10.3 Å². The van der Waals surface area contributed by atoms with Crippen LogP contribution < -0.4 is 15.5 Å². The first-order valence-corrected chi connectivity index (χ1v) is 18.1. The summed E-state index contributed by atoms with van der Waals surface area (Å²) in [6.45, 7) is 4.66. The monoisotopic (exact) mass is 698 g/mol. The van der Waals surface area contributed by atoms with Gasteiger partial charge < -0.3 is 49.4 Å². The number of aliphatic hydroxyl groups is 2.